The average molecular weight is 570 g/mol. The lowest BCUT2D eigenvalue weighted by atomic mass is 10.1. The van der Waals surface area contributed by atoms with Crippen molar-refractivity contribution in [2.75, 3.05) is 32.8 Å². The van der Waals surface area contributed by atoms with E-state index in [-0.39, 0.29) is 0 Å². The summed E-state index contributed by atoms with van der Waals surface area (Å²) in [6.45, 7) is 14.6. The van der Waals surface area contributed by atoms with Crippen LogP contribution in [0.3, 0.4) is 0 Å². The fourth-order valence-corrected chi connectivity index (χ4v) is 5.40. The molecule has 0 amide bonds. The number of rotatable bonds is 19. The Kier molecular flexibility index (Phi) is 12.8. The Balaban J connectivity index is 1.28. The van der Waals surface area contributed by atoms with Gasteiger partial charge in [0.15, 0.2) is 0 Å². The molecule has 0 saturated heterocycles. The molecule has 1 aromatic heterocycles. The second-order valence-corrected chi connectivity index (χ2v) is 11.3. The highest BCUT2D eigenvalue weighted by atomic mass is 16.5. The van der Waals surface area contributed by atoms with Gasteiger partial charge in [0.2, 0.25) is 0 Å². The summed E-state index contributed by atoms with van der Waals surface area (Å²) in [7, 11) is 0. The minimum Gasteiger partial charge on any atom is -0.494 e. The van der Waals surface area contributed by atoms with Crippen molar-refractivity contribution in [3.8, 4) is 11.5 Å². The van der Waals surface area contributed by atoms with Crippen LogP contribution in [0, 0.1) is 6.92 Å². The Hall–Kier alpha value is -3.31. The molecule has 0 radical (unpaired) electrons. The van der Waals surface area contributed by atoms with Gasteiger partial charge in [-0.1, -0.05) is 69.2 Å². The third kappa shape index (κ3) is 9.62. The van der Waals surface area contributed by atoms with Crippen molar-refractivity contribution >= 4 is 11.0 Å². The molecule has 4 rings (SSSR count). The highest BCUT2D eigenvalue weighted by molar-refractivity contribution is 5.78. The van der Waals surface area contributed by atoms with Gasteiger partial charge in [0.1, 0.15) is 17.3 Å². The molecule has 1 heterocycles. The molecule has 0 atom stereocenters. The van der Waals surface area contributed by atoms with Gasteiger partial charge in [-0.25, -0.2) is 4.98 Å². The summed E-state index contributed by atoms with van der Waals surface area (Å²) in [4.78, 5) is 7.48. The number of ether oxygens (including phenoxy) is 2. The normalized spacial score (nSPS) is 11.5. The Labute approximate surface area is 253 Å². The van der Waals surface area contributed by atoms with Crippen molar-refractivity contribution in [3.63, 3.8) is 0 Å². The zero-order chi connectivity index (χ0) is 29.6. The summed E-state index contributed by atoms with van der Waals surface area (Å²) < 4.78 is 14.6. The van der Waals surface area contributed by atoms with Gasteiger partial charge in [-0.3, -0.25) is 0 Å². The second-order valence-electron chi connectivity index (χ2n) is 11.3. The predicted octanol–water partition coefficient (Wildman–Crippen LogP) is 8.44. The van der Waals surface area contributed by atoms with Crippen molar-refractivity contribution in [2.24, 2.45) is 0 Å². The van der Waals surface area contributed by atoms with Gasteiger partial charge in [0.25, 0.3) is 0 Å². The van der Waals surface area contributed by atoms with Crippen molar-refractivity contribution in [2.45, 2.75) is 85.6 Å². The summed E-state index contributed by atoms with van der Waals surface area (Å²) in [5.41, 5.74) is 6.28. The molecule has 226 valence electrons. The van der Waals surface area contributed by atoms with E-state index in [1.165, 1.54) is 22.2 Å². The van der Waals surface area contributed by atoms with Crippen LogP contribution in [0.2, 0.25) is 0 Å². The third-order valence-electron chi connectivity index (χ3n) is 8.13. The molecule has 0 spiro atoms. The molecule has 0 bridgehead atoms. The summed E-state index contributed by atoms with van der Waals surface area (Å²) in [6, 6.07) is 23.8. The van der Waals surface area contributed by atoms with Crippen molar-refractivity contribution in [1.29, 1.82) is 0 Å². The summed E-state index contributed by atoms with van der Waals surface area (Å²) >= 11 is 0. The lowest BCUT2D eigenvalue weighted by Gasteiger charge is -2.17. The molecule has 0 unspecified atom stereocenters. The molecule has 42 heavy (non-hydrogen) atoms. The van der Waals surface area contributed by atoms with E-state index in [0.29, 0.717) is 0 Å². The molecule has 0 N–H and O–H groups in total. The number of unbranched alkanes of at least 4 members (excludes halogenated alkanes) is 2. The topological polar surface area (TPSA) is 39.5 Å². The van der Waals surface area contributed by atoms with Gasteiger partial charge >= 0.3 is 0 Å². The molecule has 5 heteroatoms. The molecule has 0 fully saturated rings. The van der Waals surface area contributed by atoms with Crippen molar-refractivity contribution < 1.29 is 9.47 Å². The maximum Gasteiger partial charge on any atom is 0.121 e. The molecular formula is C37H51N3O2. The first kappa shape index (κ1) is 31.6. The van der Waals surface area contributed by atoms with Gasteiger partial charge in [0, 0.05) is 25.6 Å². The largest absolute Gasteiger partial charge is 0.494 e. The molecule has 0 aliphatic heterocycles. The van der Waals surface area contributed by atoms with Crippen LogP contribution < -0.4 is 9.47 Å². The molecule has 0 aliphatic rings. The predicted molar refractivity (Wildman–Crippen MR) is 176 cm³/mol. The Bertz CT molecular complexity index is 1320. The first-order valence-corrected chi connectivity index (χ1v) is 16.2. The van der Waals surface area contributed by atoms with Gasteiger partial charge in [-0.2, -0.15) is 0 Å². The van der Waals surface area contributed by atoms with Crippen LogP contribution in [-0.4, -0.2) is 47.3 Å². The third-order valence-corrected chi connectivity index (χ3v) is 8.13. The average Bonchev–Trinajstić information content (AvgIpc) is 3.36. The number of benzene rings is 3. The fourth-order valence-electron chi connectivity index (χ4n) is 5.40. The van der Waals surface area contributed by atoms with Gasteiger partial charge < -0.3 is 18.9 Å². The molecule has 0 saturated carbocycles. The van der Waals surface area contributed by atoms with Crippen molar-refractivity contribution in [1.82, 2.24) is 14.5 Å². The number of hydrogen-bond donors (Lipinski definition) is 0. The van der Waals surface area contributed by atoms with Crippen molar-refractivity contribution in [3.05, 3.63) is 89.2 Å². The quantitative estimate of drug-likeness (QED) is 0.106. The fraction of sp³-hybridized carbons (Fsp3) is 0.486. The zero-order valence-electron chi connectivity index (χ0n) is 26.4. The van der Waals surface area contributed by atoms with E-state index in [1.807, 2.05) is 0 Å². The van der Waals surface area contributed by atoms with E-state index < -0.39 is 0 Å². The minimum absolute atomic E-state index is 0.741. The number of aromatic nitrogens is 2. The van der Waals surface area contributed by atoms with E-state index in [4.69, 9.17) is 14.5 Å². The Morgan fingerprint density at radius 1 is 0.690 bits per heavy atom. The smallest absolute Gasteiger partial charge is 0.121 e. The van der Waals surface area contributed by atoms with Gasteiger partial charge in [-0.05, 0) is 93.9 Å². The van der Waals surface area contributed by atoms with Crippen LogP contribution in [0.1, 0.15) is 75.4 Å². The van der Waals surface area contributed by atoms with Crippen LogP contribution in [0.5, 0.6) is 11.5 Å². The van der Waals surface area contributed by atoms with Gasteiger partial charge in [0.05, 0.1) is 24.2 Å². The van der Waals surface area contributed by atoms with E-state index >= 15 is 0 Å². The lowest BCUT2D eigenvalue weighted by Crippen LogP contribution is -2.25. The maximum absolute atomic E-state index is 6.15. The monoisotopic (exact) mass is 569 g/mol. The number of fused-ring (bicyclic) bond motifs is 1. The lowest BCUT2D eigenvalue weighted by molar-refractivity contribution is 0.249. The summed E-state index contributed by atoms with van der Waals surface area (Å²) in [5.74, 6) is 3.05. The van der Waals surface area contributed by atoms with E-state index in [2.05, 4.69) is 104 Å². The molecular weight excluding hydrogens is 518 g/mol. The van der Waals surface area contributed by atoms with Crippen LogP contribution >= 0.6 is 0 Å². The first-order valence-electron chi connectivity index (χ1n) is 16.2. The number of imidazole rings is 1. The van der Waals surface area contributed by atoms with E-state index in [1.54, 1.807) is 0 Å². The molecule has 3 aromatic carbocycles. The number of hydrogen-bond acceptors (Lipinski definition) is 4. The Morgan fingerprint density at radius 2 is 1.36 bits per heavy atom. The standard InChI is InChI=1S/C37H51N3O2/c1-5-8-26-40-36-29-34(42-28-11-25-39(6-2)7-3)22-23-35(36)38-37(40)24-19-32-17-20-33(21-18-32)41-27-10-9-12-31-15-13-30(4)14-16-31/h13-18,20-23,29H,5-12,19,24-28H2,1-4H3. The number of aryl methyl sites for hydroxylation is 5. The van der Waals surface area contributed by atoms with Crippen LogP contribution in [0.4, 0.5) is 0 Å². The Morgan fingerprint density at radius 3 is 2.10 bits per heavy atom. The van der Waals surface area contributed by atoms with E-state index in [9.17, 15) is 0 Å². The van der Waals surface area contributed by atoms with Crippen LogP contribution in [0.15, 0.2) is 66.7 Å². The van der Waals surface area contributed by atoms with Crippen LogP contribution in [-0.2, 0) is 25.8 Å². The SMILES string of the molecule is CCCCn1c(CCc2ccc(OCCCCc3ccc(C)cc3)cc2)nc2ccc(OCCCN(CC)CC)cc21. The first-order chi connectivity index (χ1) is 20.6. The summed E-state index contributed by atoms with van der Waals surface area (Å²) in [6.07, 6.45) is 8.53. The highest BCUT2D eigenvalue weighted by Crippen LogP contribution is 2.24. The van der Waals surface area contributed by atoms with Gasteiger partial charge in [-0.15, -0.1) is 0 Å². The number of nitrogens with zero attached hydrogens (tertiary/aromatic N) is 3. The molecule has 4 aromatic rings. The summed E-state index contributed by atoms with van der Waals surface area (Å²) in [5, 5.41) is 0. The minimum atomic E-state index is 0.741. The van der Waals surface area contributed by atoms with E-state index in [0.717, 1.165) is 114 Å². The van der Waals surface area contributed by atoms with Crippen LogP contribution in [0.25, 0.3) is 11.0 Å². The maximum atomic E-state index is 6.15. The molecule has 5 nitrogen and oxygen atoms in total. The second kappa shape index (κ2) is 17.0. The zero-order valence-corrected chi connectivity index (χ0v) is 26.4. The highest BCUT2D eigenvalue weighted by Gasteiger charge is 2.12. The molecule has 0 aliphatic carbocycles.